The highest BCUT2D eigenvalue weighted by molar-refractivity contribution is 6.35. The van der Waals surface area contributed by atoms with Crippen molar-refractivity contribution in [2.75, 3.05) is 0 Å². The molecule has 1 aromatic heterocycles. The van der Waals surface area contributed by atoms with Crippen molar-refractivity contribution >= 4 is 29.1 Å². The Bertz CT molecular complexity index is 781. The zero-order valence-corrected chi connectivity index (χ0v) is 15.5. The first-order valence-electron chi connectivity index (χ1n) is 8.86. The molecule has 0 saturated heterocycles. The SMILES string of the molecule is O=C(C1CCC1)N(Cc1nccn1Cc1ccc(Cl)cc1Cl)C1CC1. The van der Waals surface area contributed by atoms with Crippen LogP contribution in [0.25, 0.3) is 0 Å². The van der Waals surface area contributed by atoms with E-state index in [-0.39, 0.29) is 5.92 Å². The molecule has 0 radical (unpaired) electrons. The quantitative estimate of drug-likeness (QED) is 0.741. The Morgan fingerprint density at radius 1 is 1.24 bits per heavy atom. The highest BCUT2D eigenvalue weighted by Gasteiger charge is 2.38. The van der Waals surface area contributed by atoms with Crippen LogP contribution >= 0.6 is 23.2 Å². The number of aromatic nitrogens is 2. The number of benzene rings is 1. The number of imidazole rings is 1. The number of hydrogen-bond acceptors (Lipinski definition) is 2. The van der Waals surface area contributed by atoms with Gasteiger partial charge in [-0.2, -0.15) is 0 Å². The molecular formula is C19H21Cl2N3O. The number of halogens is 2. The molecule has 4 rings (SSSR count). The fourth-order valence-corrected chi connectivity index (χ4v) is 3.75. The molecule has 2 aromatic rings. The molecule has 2 fully saturated rings. The van der Waals surface area contributed by atoms with Crippen molar-refractivity contribution in [3.63, 3.8) is 0 Å². The Morgan fingerprint density at radius 3 is 2.68 bits per heavy atom. The summed E-state index contributed by atoms with van der Waals surface area (Å²) < 4.78 is 2.07. The van der Waals surface area contributed by atoms with Gasteiger partial charge in [-0.1, -0.05) is 35.7 Å². The van der Waals surface area contributed by atoms with Crippen LogP contribution in [0.15, 0.2) is 30.6 Å². The van der Waals surface area contributed by atoms with Gasteiger partial charge in [-0.05, 0) is 43.4 Å². The van der Waals surface area contributed by atoms with Crippen molar-refractivity contribution in [2.45, 2.75) is 51.2 Å². The molecule has 1 heterocycles. The maximum atomic E-state index is 12.7. The van der Waals surface area contributed by atoms with Gasteiger partial charge in [0.05, 0.1) is 13.1 Å². The average molecular weight is 378 g/mol. The zero-order chi connectivity index (χ0) is 17.4. The molecule has 0 aliphatic heterocycles. The van der Waals surface area contributed by atoms with Crippen LogP contribution in [-0.2, 0) is 17.9 Å². The standard InChI is InChI=1S/C19H21Cl2N3O/c20-15-5-4-14(17(21)10-15)11-23-9-8-22-18(23)12-24(16-6-7-16)19(25)13-2-1-3-13/h4-5,8-10,13,16H,1-3,6-7,11-12H2. The molecule has 0 bridgehead atoms. The summed E-state index contributed by atoms with van der Waals surface area (Å²) in [5.74, 6) is 1.45. The minimum absolute atomic E-state index is 0.231. The van der Waals surface area contributed by atoms with Crippen molar-refractivity contribution in [3.8, 4) is 0 Å². The van der Waals surface area contributed by atoms with Crippen molar-refractivity contribution < 1.29 is 4.79 Å². The van der Waals surface area contributed by atoms with Crippen molar-refractivity contribution in [3.05, 3.63) is 52.0 Å². The van der Waals surface area contributed by atoms with Gasteiger partial charge in [-0.25, -0.2) is 4.98 Å². The van der Waals surface area contributed by atoms with Crippen LogP contribution < -0.4 is 0 Å². The van der Waals surface area contributed by atoms with E-state index in [0.717, 1.165) is 37.1 Å². The Labute approximate surface area is 157 Å². The lowest BCUT2D eigenvalue weighted by atomic mass is 9.84. The monoisotopic (exact) mass is 377 g/mol. The molecule has 2 saturated carbocycles. The highest BCUT2D eigenvalue weighted by atomic mass is 35.5. The van der Waals surface area contributed by atoms with Crippen LogP contribution in [0.3, 0.4) is 0 Å². The summed E-state index contributed by atoms with van der Waals surface area (Å²) in [7, 11) is 0. The van der Waals surface area contributed by atoms with E-state index in [1.807, 2.05) is 23.2 Å². The van der Waals surface area contributed by atoms with Crippen molar-refractivity contribution in [2.24, 2.45) is 5.92 Å². The van der Waals surface area contributed by atoms with Gasteiger partial charge >= 0.3 is 0 Å². The van der Waals surface area contributed by atoms with Gasteiger partial charge in [0.1, 0.15) is 5.82 Å². The van der Waals surface area contributed by atoms with Gasteiger partial charge in [0.15, 0.2) is 0 Å². The maximum Gasteiger partial charge on any atom is 0.226 e. The molecule has 25 heavy (non-hydrogen) atoms. The van der Waals surface area contributed by atoms with Crippen LogP contribution in [0.5, 0.6) is 0 Å². The molecule has 4 nitrogen and oxygen atoms in total. The fraction of sp³-hybridized carbons (Fsp3) is 0.474. The van der Waals surface area contributed by atoms with Gasteiger partial charge in [0.25, 0.3) is 0 Å². The fourth-order valence-electron chi connectivity index (χ4n) is 3.28. The Morgan fingerprint density at radius 2 is 2.04 bits per heavy atom. The first-order chi connectivity index (χ1) is 12.1. The Hall–Kier alpha value is -1.52. The van der Waals surface area contributed by atoms with Gasteiger partial charge in [-0.3, -0.25) is 4.79 Å². The van der Waals surface area contributed by atoms with Gasteiger partial charge in [-0.15, -0.1) is 0 Å². The van der Waals surface area contributed by atoms with Crippen LogP contribution in [0.4, 0.5) is 0 Å². The van der Waals surface area contributed by atoms with E-state index >= 15 is 0 Å². The Kier molecular flexibility index (Phi) is 4.74. The molecule has 1 aromatic carbocycles. The van der Waals surface area contributed by atoms with Crippen LogP contribution in [0.1, 0.15) is 43.5 Å². The zero-order valence-electron chi connectivity index (χ0n) is 14.0. The highest BCUT2D eigenvalue weighted by Crippen LogP contribution is 2.35. The minimum Gasteiger partial charge on any atom is -0.332 e. The second-order valence-electron chi connectivity index (χ2n) is 7.03. The van der Waals surface area contributed by atoms with Gasteiger partial charge < -0.3 is 9.47 Å². The average Bonchev–Trinajstić information content (AvgIpc) is 3.27. The summed E-state index contributed by atoms with van der Waals surface area (Å²) >= 11 is 12.3. The number of hydrogen-bond donors (Lipinski definition) is 0. The van der Waals surface area contributed by atoms with E-state index in [1.54, 1.807) is 12.3 Å². The molecule has 0 N–H and O–H groups in total. The summed E-state index contributed by atoms with van der Waals surface area (Å²) in [5.41, 5.74) is 0.994. The lowest BCUT2D eigenvalue weighted by Crippen LogP contribution is -2.40. The molecular weight excluding hydrogens is 357 g/mol. The number of nitrogens with zero attached hydrogens (tertiary/aromatic N) is 3. The third-order valence-corrected chi connectivity index (χ3v) is 5.78. The van der Waals surface area contributed by atoms with E-state index in [0.29, 0.717) is 35.1 Å². The number of rotatable bonds is 6. The van der Waals surface area contributed by atoms with Crippen LogP contribution in [-0.4, -0.2) is 26.4 Å². The number of carbonyl (C=O) groups is 1. The second-order valence-corrected chi connectivity index (χ2v) is 7.88. The molecule has 2 aliphatic carbocycles. The van der Waals surface area contributed by atoms with E-state index in [2.05, 4.69) is 9.55 Å². The van der Waals surface area contributed by atoms with Crippen molar-refractivity contribution in [1.29, 1.82) is 0 Å². The number of carbonyl (C=O) groups excluding carboxylic acids is 1. The van der Waals surface area contributed by atoms with E-state index in [9.17, 15) is 4.79 Å². The lowest BCUT2D eigenvalue weighted by Gasteiger charge is -2.31. The summed E-state index contributed by atoms with van der Waals surface area (Å²) in [6.45, 7) is 1.21. The maximum absolute atomic E-state index is 12.7. The molecule has 0 atom stereocenters. The van der Waals surface area contributed by atoms with E-state index in [1.165, 1.54) is 6.42 Å². The second kappa shape index (κ2) is 7.00. The molecule has 2 aliphatic rings. The lowest BCUT2D eigenvalue weighted by molar-refractivity contribution is -0.139. The minimum atomic E-state index is 0.231. The summed E-state index contributed by atoms with van der Waals surface area (Å²) in [4.78, 5) is 19.3. The number of amides is 1. The van der Waals surface area contributed by atoms with Crippen LogP contribution in [0, 0.1) is 5.92 Å². The predicted molar refractivity (Wildman–Crippen MR) is 98.7 cm³/mol. The summed E-state index contributed by atoms with van der Waals surface area (Å²) in [5, 5.41) is 1.28. The van der Waals surface area contributed by atoms with Gasteiger partial charge in [0, 0.05) is 34.4 Å². The molecule has 1 amide bonds. The largest absolute Gasteiger partial charge is 0.332 e. The normalized spacial score (nSPS) is 17.4. The first kappa shape index (κ1) is 16.9. The summed E-state index contributed by atoms with van der Waals surface area (Å²) in [6, 6.07) is 5.94. The van der Waals surface area contributed by atoms with Crippen molar-refractivity contribution in [1.82, 2.24) is 14.5 Å². The predicted octanol–water partition coefficient (Wildman–Crippen LogP) is 4.53. The molecule has 132 valence electrons. The summed E-state index contributed by atoms with van der Waals surface area (Å²) in [6.07, 6.45) is 9.22. The van der Waals surface area contributed by atoms with E-state index < -0.39 is 0 Å². The van der Waals surface area contributed by atoms with Gasteiger partial charge in [0.2, 0.25) is 5.91 Å². The molecule has 6 heteroatoms. The Balaban J connectivity index is 1.51. The third-order valence-electron chi connectivity index (χ3n) is 5.19. The topological polar surface area (TPSA) is 38.1 Å². The van der Waals surface area contributed by atoms with Crippen LogP contribution in [0.2, 0.25) is 10.0 Å². The smallest absolute Gasteiger partial charge is 0.226 e. The molecule has 0 spiro atoms. The third kappa shape index (κ3) is 3.70. The first-order valence-corrected chi connectivity index (χ1v) is 9.62. The molecule has 0 unspecified atom stereocenters. The van der Waals surface area contributed by atoms with E-state index in [4.69, 9.17) is 23.2 Å².